The molecule has 33 heavy (non-hydrogen) atoms. The number of amides is 1. The molecule has 4 N–H and O–H groups in total. The molecule has 0 aliphatic carbocycles. The first-order valence-corrected chi connectivity index (χ1v) is 10.1. The van der Waals surface area contributed by atoms with Gasteiger partial charge in [-0.2, -0.15) is 5.10 Å². The van der Waals surface area contributed by atoms with Crippen molar-refractivity contribution in [3.63, 3.8) is 0 Å². The molecule has 164 valence electrons. The predicted octanol–water partition coefficient (Wildman–Crippen LogP) is 4.59. The Labute approximate surface area is 186 Å². The summed E-state index contributed by atoms with van der Waals surface area (Å²) in [5, 5.41) is 19.1. The van der Waals surface area contributed by atoms with Crippen LogP contribution in [0.5, 0.6) is 0 Å². The van der Waals surface area contributed by atoms with E-state index in [9.17, 15) is 14.0 Å². The third-order valence-electron chi connectivity index (χ3n) is 5.44. The molecule has 2 aromatic heterocycles. The van der Waals surface area contributed by atoms with Crippen molar-refractivity contribution in [2.75, 3.05) is 5.32 Å². The van der Waals surface area contributed by atoms with E-state index < -0.39 is 11.9 Å². The first-order valence-electron chi connectivity index (χ1n) is 10.1. The van der Waals surface area contributed by atoms with E-state index in [1.54, 1.807) is 30.3 Å². The number of carbonyl (C=O) groups is 1. The number of carboxylic acid groups (broad SMARTS) is 1. The zero-order valence-corrected chi connectivity index (χ0v) is 17.4. The van der Waals surface area contributed by atoms with E-state index in [1.807, 2.05) is 25.1 Å². The summed E-state index contributed by atoms with van der Waals surface area (Å²) < 4.78 is 14.7. The minimum Gasteiger partial charge on any atom is -0.465 e. The van der Waals surface area contributed by atoms with Crippen molar-refractivity contribution < 1.29 is 14.3 Å². The monoisotopic (exact) mass is 443 g/mol. The number of aromatic nitrogens is 4. The Morgan fingerprint density at radius 1 is 1.09 bits per heavy atom. The average Bonchev–Trinajstić information content (AvgIpc) is 3.17. The quantitative estimate of drug-likeness (QED) is 0.323. The largest absolute Gasteiger partial charge is 0.465 e. The average molecular weight is 443 g/mol. The van der Waals surface area contributed by atoms with Crippen LogP contribution in [0.4, 0.5) is 15.1 Å². The number of aryl methyl sites for hydroxylation is 1. The van der Waals surface area contributed by atoms with Gasteiger partial charge >= 0.3 is 6.09 Å². The number of benzene rings is 3. The lowest BCUT2D eigenvalue weighted by molar-refractivity contribution is 0.209. The van der Waals surface area contributed by atoms with E-state index in [1.165, 1.54) is 6.07 Å². The number of halogens is 1. The summed E-state index contributed by atoms with van der Waals surface area (Å²) in [6.07, 6.45) is -0.825. The van der Waals surface area contributed by atoms with Crippen LogP contribution in [0.1, 0.15) is 16.8 Å². The molecule has 0 saturated heterocycles. The molecule has 0 unspecified atom stereocenters. The van der Waals surface area contributed by atoms with Crippen LogP contribution in [-0.4, -0.2) is 31.4 Å². The molecule has 0 radical (unpaired) electrons. The molecule has 0 saturated carbocycles. The number of anilines is 1. The number of H-pyrrole nitrogens is 2. The molecule has 2 heterocycles. The highest BCUT2D eigenvalue weighted by Gasteiger charge is 2.13. The second-order valence-electron chi connectivity index (χ2n) is 7.79. The lowest BCUT2D eigenvalue weighted by atomic mass is 9.98. The minimum absolute atomic E-state index is 0.0927. The minimum atomic E-state index is -1.23. The number of imidazole rings is 1. The fourth-order valence-electron chi connectivity index (χ4n) is 3.91. The van der Waals surface area contributed by atoms with Crippen molar-refractivity contribution in [1.82, 2.24) is 20.2 Å². The molecule has 5 aromatic rings. The van der Waals surface area contributed by atoms with Crippen molar-refractivity contribution >= 4 is 33.8 Å². The number of hydrogen-bond donors (Lipinski definition) is 4. The van der Waals surface area contributed by atoms with Crippen LogP contribution in [0.3, 0.4) is 0 Å². The van der Waals surface area contributed by atoms with Gasteiger partial charge in [-0.3, -0.25) is 10.1 Å². The van der Waals surface area contributed by atoms with Crippen LogP contribution in [0.2, 0.25) is 0 Å². The lowest BCUT2D eigenvalue weighted by Crippen LogP contribution is -2.11. The molecule has 8 nitrogen and oxygen atoms in total. The van der Waals surface area contributed by atoms with Gasteiger partial charge in [-0.15, -0.1) is 0 Å². The SMILES string of the molecule is Cc1ccc2c(Cc3ccc(F)c(-c4ccc5nc(NC(=O)O)[nH]c5c4)c3)n[nH]c(=O)c2c1. The van der Waals surface area contributed by atoms with Gasteiger partial charge in [0.15, 0.2) is 0 Å². The first kappa shape index (κ1) is 20.4. The number of nitrogens with zero attached hydrogens (tertiary/aromatic N) is 2. The molecule has 0 atom stereocenters. The lowest BCUT2D eigenvalue weighted by Gasteiger charge is -2.09. The van der Waals surface area contributed by atoms with Crippen LogP contribution in [-0.2, 0) is 6.42 Å². The molecule has 0 aliphatic heterocycles. The summed E-state index contributed by atoms with van der Waals surface area (Å²) in [4.78, 5) is 30.0. The Hall–Kier alpha value is -4.53. The highest BCUT2D eigenvalue weighted by atomic mass is 19.1. The van der Waals surface area contributed by atoms with Gasteiger partial charge in [0.2, 0.25) is 5.95 Å². The van der Waals surface area contributed by atoms with Crippen LogP contribution in [0.25, 0.3) is 32.9 Å². The van der Waals surface area contributed by atoms with Gasteiger partial charge in [-0.1, -0.05) is 29.8 Å². The van der Waals surface area contributed by atoms with Gasteiger partial charge in [0.25, 0.3) is 5.56 Å². The van der Waals surface area contributed by atoms with E-state index in [-0.39, 0.29) is 11.5 Å². The molecule has 5 rings (SSSR count). The molecule has 0 spiro atoms. The second-order valence-corrected chi connectivity index (χ2v) is 7.79. The van der Waals surface area contributed by atoms with Crippen molar-refractivity contribution in [3.05, 3.63) is 87.6 Å². The number of aromatic amines is 2. The fourth-order valence-corrected chi connectivity index (χ4v) is 3.91. The maximum atomic E-state index is 14.7. The molecular weight excluding hydrogens is 425 g/mol. The van der Waals surface area contributed by atoms with Gasteiger partial charge in [0.1, 0.15) is 5.82 Å². The number of nitrogens with one attached hydrogen (secondary N) is 3. The smallest absolute Gasteiger partial charge is 0.411 e. The molecular formula is C24H18FN5O3. The van der Waals surface area contributed by atoms with Crippen molar-refractivity contribution in [1.29, 1.82) is 0 Å². The number of fused-ring (bicyclic) bond motifs is 2. The van der Waals surface area contributed by atoms with E-state index in [2.05, 4.69) is 25.5 Å². The van der Waals surface area contributed by atoms with E-state index in [4.69, 9.17) is 5.11 Å². The summed E-state index contributed by atoms with van der Waals surface area (Å²) in [7, 11) is 0. The molecule has 3 aromatic carbocycles. The normalized spacial score (nSPS) is 11.2. The molecule has 1 amide bonds. The number of rotatable bonds is 4. The van der Waals surface area contributed by atoms with Crippen molar-refractivity contribution in [2.24, 2.45) is 0 Å². The molecule has 9 heteroatoms. The summed E-state index contributed by atoms with van der Waals surface area (Å²) in [6.45, 7) is 1.92. The highest BCUT2D eigenvalue weighted by molar-refractivity contribution is 5.88. The standard InChI is InChI=1S/C24H18FN5O3/c1-12-2-5-15-17(8-12)22(31)30-29-20(15)10-13-3-6-18(25)16(9-13)14-4-7-19-21(11-14)27-23(26-19)28-24(32)33/h2-9,11H,10H2,1H3,(H,30,31)(H,32,33)(H2,26,27,28). The maximum absolute atomic E-state index is 14.7. The van der Waals surface area contributed by atoms with Crippen LogP contribution in [0, 0.1) is 12.7 Å². The zero-order chi connectivity index (χ0) is 23.1. The Kier molecular flexibility index (Phi) is 4.86. The Morgan fingerprint density at radius 3 is 2.76 bits per heavy atom. The fraction of sp³-hybridized carbons (Fsp3) is 0.0833. The van der Waals surface area contributed by atoms with Gasteiger partial charge in [0.05, 0.1) is 22.1 Å². The van der Waals surface area contributed by atoms with Crippen molar-refractivity contribution in [2.45, 2.75) is 13.3 Å². The summed E-state index contributed by atoms with van der Waals surface area (Å²) >= 11 is 0. The topological polar surface area (TPSA) is 124 Å². The third-order valence-corrected chi connectivity index (χ3v) is 5.44. The van der Waals surface area contributed by atoms with Crippen LogP contribution >= 0.6 is 0 Å². The highest BCUT2D eigenvalue weighted by Crippen LogP contribution is 2.28. The Morgan fingerprint density at radius 2 is 1.94 bits per heavy atom. The summed E-state index contributed by atoms with van der Waals surface area (Å²) in [6, 6.07) is 15.6. The first-order chi connectivity index (χ1) is 15.9. The van der Waals surface area contributed by atoms with Crippen molar-refractivity contribution in [3.8, 4) is 11.1 Å². The third kappa shape index (κ3) is 3.91. The predicted molar refractivity (Wildman–Crippen MR) is 123 cm³/mol. The molecule has 0 aliphatic rings. The molecule has 0 bridgehead atoms. The summed E-state index contributed by atoms with van der Waals surface area (Å²) in [5.74, 6) is -0.299. The van der Waals surface area contributed by atoms with Gasteiger partial charge in [0, 0.05) is 17.4 Å². The van der Waals surface area contributed by atoms with E-state index in [0.29, 0.717) is 39.7 Å². The Balaban J connectivity index is 1.53. The molecule has 0 fully saturated rings. The summed E-state index contributed by atoms with van der Waals surface area (Å²) in [5.41, 5.74) is 4.37. The van der Waals surface area contributed by atoms with Gasteiger partial charge in [-0.05, 0) is 48.4 Å². The van der Waals surface area contributed by atoms with E-state index in [0.717, 1.165) is 16.5 Å². The van der Waals surface area contributed by atoms with Gasteiger partial charge < -0.3 is 10.1 Å². The Bertz CT molecular complexity index is 1610. The zero-order valence-electron chi connectivity index (χ0n) is 17.4. The maximum Gasteiger partial charge on any atom is 0.411 e. The van der Waals surface area contributed by atoms with Gasteiger partial charge in [-0.25, -0.2) is 19.3 Å². The van der Waals surface area contributed by atoms with Crippen LogP contribution in [0.15, 0.2) is 59.4 Å². The van der Waals surface area contributed by atoms with Crippen LogP contribution < -0.4 is 10.9 Å². The number of hydrogen-bond acceptors (Lipinski definition) is 4. The van der Waals surface area contributed by atoms with E-state index >= 15 is 0 Å². The second kappa shape index (κ2) is 7.86.